The topological polar surface area (TPSA) is 79.1 Å². The molecule has 0 fully saturated rings. The standard InChI is InChI=1S/C15H20N2O2/c1-15(2,3)10-5-4-6-12-13(10)9(8-17-12)7-11(16)14(18)19/h4-6,8,11,17H,7,16H2,1-3H3,(H,18,19). The largest absolute Gasteiger partial charge is 0.480 e. The first kappa shape index (κ1) is 13.6. The minimum Gasteiger partial charge on any atom is -0.480 e. The third kappa shape index (κ3) is 2.63. The molecule has 0 saturated heterocycles. The number of benzene rings is 1. The number of hydrogen-bond acceptors (Lipinski definition) is 2. The molecule has 0 saturated carbocycles. The van der Waals surface area contributed by atoms with Crippen LogP contribution in [0.25, 0.3) is 10.9 Å². The van der Waals surface area contributed by atoms with Crippen molar-refractivity contribution >= 4 is 16.9 Å². The van der Waals surface area contributed by atoms with Crippen LogP contribution in [0.2, 0.25) is 0 Å². The minimum atomic E-state index is -0.970. The van der Waals surface area contributed by atoms with Crippen LogP contribution in [0.15, 0.2) is 24.4 Å². The molecule has 4 nitrogen and oxygen atoms in total. The van der Waals surface area contributed by atoms with E-state index >= 15 is 0 Å². The molecule has 4 N–H and O–H groups in total. The van der Waals surface area contributed by atoms with Gasteiger partial charge in [0.1, 0.15) is 6.04 Å². The lowest BCUT2D eigenvalue weighted by atomic mass is 9.83. The van der Waals surface area contributed by atoms with Gasteiger partial charge >= 0.3 is 5.97 Å². The molecule has 0 bridgehead atoms. The number of carbonyl (C=O) groups is 1. The highest BCUT2D eigenvalue weighted by atomic mass is 16.4. The van der Waals surface area contributed by atoms with Gasteiger partial charge in [-0.25, -0.2) is 0 Å². The molecule has 1 unspecified atom stereocenters. The van der Waals surface area contributed by atoms with Crippen LogP contribution in [-0.4, -0.2) is 22.1 Å². The number of carboxylic acid groups (broad SMARTS) is 1. The molecule has 0 aliphatic carbocycles. The van der Waals surface area contributed by atoms with Crippen LogP contribution in [0.4, 0.5) is 0 Å². The number of carboxylic acids is 1. The van der Waals surface area contributed by atoms with Gasteiger partial charge in [-0.2, -0.15) is 0 Å². The van der Waals surface area contributed by atoms with Crippen molar-refractivity contribution in [3.63, 3.8) is 0 Å². The number of aromatic amines is 1. The highest BCUT2D eigenvalue weighted by Gasteiger charge is 2.21. The van der Waals surface area contributed by atoms with Gasteiger partial charge in [0.25, 0.3) is 0 Å². The van der Waals surface area contributed by atoms with Crippen molar-refractivity contribution in [3.05, 3.63) is 35.5 Å². The molecule has 1 aromatic heterocycles. The smallest absolute Gasteiger partial charge is 0.320 e. The fourth-order valence-corrected chi connectivity index (χ4v) is 2.37. The molecule has 2 rings (SSSR count). The zero-order chi connectivity index (χ0) is 14.2. The highest BCUT2D eigenvalue weighted by Crippen LogP contribution is 2.32. The quantitative estimate of drug-likeness (QED) is 0.793. The summed E-state index contributed by atoms with van der Waals surface area (Å²) in [6.45, 7) is 6.45. The van der Waals surface area contributed by atoms with E-state index in [4.69, 9.17) is 10.8 Å². The SMILES string of the molecule is CC(C)(C)c1cccc2[nH]cc(CC(N)C(=O)O)c12. The highest BCUT2D eigenvalue weighted by molar-refractivity contribution is 5.88. The van der Waals surface area contributed by atoms with Gasteiger partial charge in [-0.3, -0.25) is 4.79 Å². The third-order valence-electron chi connectivity index (χ3n) is 3.35. The van der Waals surface area contributed by atoms with E-state index in [1.54, 1.807) is 0 Å². The van der Waals surface area contributed by atoms with Gasteiger partial charge in [0.05, 0.1) is 0 Å². The fraction of sp³-hybridized carbons (Fsp3) is 0.400. The lowest BCUT2D eigenvalue weighted by Crippen LogP contribution is -2.32. The van der Waals surface area contributed by atoms with Crippen LogP contribution in [0.5, 0.6) is 0 Å². The van der Waals surface area contributed by atoms with Crippen molar-refractivity contribution < 1.29 is 9.90 Å². The van der Waals surface area contributed by atoms with E-state index in [-0.39, 0.29) is 5.41 Å². The molecule has 19 heavy (non-hydrogen) atoms. The maximum Gasteiger partial charge on any atom is 0.320 e. The molecule has 2 aromatic rings. The van der Waals surface area contributed by atoms with E-state index in [9.17, 15) is 4.79 Å². The molecule has 4 heteroatoms. The van der Waals surface area contributed by atoms with Crippen LogP contribution >= 0.6 is 0 Å². The Balaban J connectivity index is 2.54. The number of aromatic nitrogens is 1. The van der Waals surface area contributed by atoms with Crippen molar-refractivity contribution in [2.75, 3.05) is 0 Å². The number of rotatable bonds is 3. The second-order valence-corrected chi connectivity index (χ2v) is 5.94. The Kier molecular flexibility index (Phi) is 3.37. The number of fused-ring (bicyclic) bond motifs is 1. The van der Waals surface area contributed by atoms with Gasteiger partial charge in [0.2, 0.25) is 0 Å². The average molecular weight is 260 g/mol. The van der Waals surface area contributed by atoms with Crippen molar-refractivity contribution in [3.8, 4) is 0 Å². The molecule has 0 amide bonds. The van der Waals surface area contributed by atoms with Gasteiger partial charge in [0.15, 0.2) is 0 Å². The lowest BCUT2D eigenvalue weighted by Gasteiger charge is -2.21. The van der Waals surface area contributed by atoms with E-state index in [0.717, 1.165) is 16.5 Å². The molecule has 0 radical (unpaired) electrons. The zero-order valence-corrected chi connectivity index (χ0v) is 11.5. The molecule has 0 aliphatic heterocycles. The van der Waals surface area contributed by atoms with Crippen LogP contribution in [-0.2, 0) is 16.6 Å². The predicted molar refractivity (Wildman–Crippen MR) is 76.3 cm³/mol. The Hall–Kier alpha value is -1.81. The van der Waals surface area contributed by atoms with E-state index in [1.165, 1.54) is 5.56 Å². The summed E-state index contributed by atoms with van der Waals surface area (Å²) in [5.41, 5.74) is 8.85. The van der Waals surface area contributed by atoms with Crippen LogP contribution in [0.1, 0.15) is 31.9 Å². The second-order valence-electron chi connectivity index (χ2n) is 5.94. The Morgan fingerprint density at radius 1 is 1.42 bits per heavy atom. The van der Waals surface area contributed by atoms with Crippen LogP contribution < -0.4 is 5.73 Å². The van der Waals surface area contributed by atoms with Gasteiger partial charge in [-0.1, -0.05) is 32.9 Å². The van der Waals surface area contributed by atoms with E-state index in [2.05, 4.69) is 31.8 Å². The van der Waals surface area contributed by atoms with Crippen molar-refractivity contribution in [2.45, 2.75) is 38.6 Å². The summed E-state index contributed by atoms with van der Waals surface area (Å²) in [6.07, 6.45) is 2.20. The summed E-state index contributed by atoms with van der Waals surface area (Å²) in [5, 5.41) is 10.1. The zero-order valence-electron chi connectivity index (χ0n) is 11.5. The first-order chi connectivity index (χ1) is 8.80. The lowest BCUT2D eigenvalue weighted by molar-refractivity contribution is -0.138. The van der Waals surface area contributed by atoms with Crippen molar-refractivity contribution in [1.82, 2.24) is 4.98 Å². The monoisotopic (exact) mass is 260 g/mol. The predicted octanol–water partition coefficient (Wildman–Crippen LogP) is 2.42. The van der Waals surface area contributed by atoms with Gasteiger partial charge in [-0.05, 0) is 22.6 Å². The number of nitrogens with two attached hydrogens (primary N) is 1. The maximum absolute atomic E-state index is 10.9. The summed E-state index contributed by atoms with van der Waals surface area (Å²) >= 11 is 0. The van der Waals surface area contributed by atoms with E-state index in [1.807, 2.05) is 18.3 Å². The maximum atomic E-state index is 10.9. The molecule has 0 aliphatic rings. The molecular weight excluding hydrogens is 240 g/mol. The molecule has 1 atom stereocenters. The van der Waals surface area contributed by atoms with Crippen LogP contribution in [0, 0.1) is 0 Å². The van der Waals surface area contributed by atoms with Gasteiger partial charge in [-0.15, -0.1) is 0 Å². The first-order valence-electron chi connectivity index (χ1n) is 6.38. The third-order valence-corrected chi connectivity index (χ3v) is 3.35. The molecule has 1 aromatic carbocycles. The number of H-pyrrole nitrogens is 1. The van der Waals surface area contributed by atoms with Crippen LogP contribution in [0.3, 0.4) is 0 Å². The Labute approximate surface area is 112 Å². The Morgan fingerprint density at radius 2 is 2.11 bits per heavy atom. The summed E-state index contributed by atoms with van der Waals surface area (Å²) < 4.78 is 0. The van der Waals surface area contributed by atoms with E-state index < -0.39 is 12.0 Å². The van der Waals surface area contributed by atoms with Gasteiger partial charge in [0, 0.05) is 23.5 Å². The molecule has 1 heterocycles. The molecule has 102 valence electrons. The second kappa shape index (κ2) is 4.70. The molecule has 0 spiro atoms. The summed E-state index contributed by atoms with van der Waals surface area (Å²) in [7, 11) is 0. The average Bonchev–Trinajstić information content (AvgIpc) is 2.71. The van der Waals surface area contributed by atoms with Crippen molar-refractivity contribution in [2.24, 2.45) is 5.73 Å². The Bertz CT molecular complexity index is 608. The summed E-state index contributed by atoms with van der Waals surface area (Å²) in [5.74, 6) is -0.970. The summed E-state index contributed by atoms with van der Waals surface area (Å²) in [6, 6.07) is 5.24. The van der Waals surface area contributed by atoms with Crippen molar-refractivity contribution in [1.29, 1.82) is 0 Å². The number of aliphatic carboxylic acids is 1. The molecular formula is C15H20N2O2. The first-order valence-corrected chi connectivity index (χ1v) is 6.38. The van der Waals surface area contributed by atoms with Gasteiger partial charge < -0.3 is 15.8 Å². The number of hydrogen-bond donors (Lipinski definition) is 3. The number of nitrogens with one attached hydrogen (secondary N) is 1. The normalized spacial score (nSPS) is 13.7. The Morgan fingerprint density at radius 3 is 2.68 bits per heavy atom. The van der Waals surface area contributed by atoms with E-state index in [0.29, 0.717) is 6.42 Å². The summed E-state index contributed by atoms with van der Waals surface area (Å²) in [4.78, 5) is 14.1. The minimum absolute atomic E-state index is 0.00374. The fourth-order valence-electron chi connectivity index (χ4n) is 2.37.